The first-order valence-electron chi connectivity index (χ1n) is 3.71. The van der Waals surface area contributed by atoms with Crippen molar-refractivity contribution in [1.29, 1.82) is 5.41 Å². The van der Waals surface area contributed by atoms with Gasteiger partial charge >= 0.3 is 6.18 Å². The standard InChI is InChI=1S/C5H11F3N4O2S/c1-3(4(9)10)12-15(13,14)11-2-5(6,7)8/h3,11-12H,2H2,1H3,(H3,9,10). The summed E-state index contributed by atoms with van der Waals surface area (Å²) in [5.41, 5.74) is 4.93. The third-order valence-electron chi connectivity index (χ3n) is 1.26. The molecule has 0 heterocycles. The zero-order valence-electron chi connectivity index (χ0n) is 7.72. The maximum Gasteiger partial charge on any atom is 0.402 e. The summed E-state index contributed by atoms with van der Waals surface area (Å²) in [7, 11) is -4.30. The molecule has 6 nitrogen and oxygen atoms in total. The Kier molecular flexibility index (Phi) is 4.49. The van der Waals surface area contributed by atoms with Gasteiger partial charge in [-0.3, -0.25) is 5.41 Å². The molecular weight excluding hydrogens is 237 g/mol. The van der Waals surface area contributed by atoms with Gasteiger partial charge in [-0.2, -0.15) is 31.0 Å². The normalized spacial score (nSPS) is 14.9. The molecule has 0 aliphatic carbocycles. The highest BCUT2D eigenvalue weighted by Gasteiger charge is 2.29. The minimum atomic E-state index is -4.63. The molecule has 0 fully saturated rings. The van der Waals surface area contributed by atoms with E-state index in [1.165, 1.54) is 11.6 Å². The number of amidine groups is 1. The lowest BCUT2D eigenvalue weighted by atomic mass is 10.3. The number of rotatable bonds is 5. The number of nitrogens with two attached hydrogens (primary N) is 1. The Morgan fingerprint density at radius 3 is 2.33 bits per heavy atom. The summed E-state index contributed by atoms with van der Waals surface area (Å²) < 4.78 is 59.8. The van der Waals surface area contributed by atoms with Crippen LogP contribution in [0.1, 0.15) is 6.92 Å². The molecule has 0 amide bonds. The summed E-state index contributed by atoms with van der Waals surface area (Å²) in [6, 6.07) is -1.06. The van der Waals surface area contributed by atoms with Gasteiger partial charge < -0.3 is 5.73 Å². The van der Waals surface area contributed by atoms with Crippen LogP contribution in [-0.2, 0) is 10.2 Å². The first-order chi connectivity index (χ1) is 6.53. The molecule has 0 bridgehead atoms. The molecule has 0 saturated heterocycles. The van der Waals surface area contributed by atoms with Crippen molar-refractivity contribution < 1.29 is 21.6 Å². The third-order valence-corrected chi connectivity index (χ3v) is 2.45. The van der Waals surface area contributed by atoms with Gasteiger partial charge in [0.05, 0.1) is 6.04 Å². The molecule has 0 spiro atoms. The summed E-state index contributed by atoms with van der Waals surface area (Å²) >= 11 is 0. The van der Waals surface area contributed by atoms with Crippen LogP contribution in [0.4, 0.5) is 13.2 Å². The van der Waals surface area contributed by atoms with Gasteiger partial charge in [0.2, 0.25) is 0 Å². The molecular formula is C5H11F3N4O2S. The summed E-state index contributed by atoms with van der Waals surface area (Å²) in [6.45, 7) is -0.442. The van der Waals surface area contributed by atoms with Crippen LogP contribution in [0.25, 0.3) is 0 Å². The highest BCUT2D eigenvalue weighted by molar-refractivity contribution is 7.87. The SMILES string of the molecule is CC(NS(=O)(=O)NCC(F)(F)F)C(=N)N. The lowest BCUT2D eigenvalue weighted by Gasteiger charge is -2.14. The van der Waals surface area contributed by atoms with E-state index < -0.39 is 34.8 Å². The van der Waals surface area contributed by atoms with Crippen LogP contribution >= 0.6 is 0 Å². The Balaban J connectivity index is 4.27. The molecule has 1 unspecified atom stereocenters. The van der Waals surface area contributed by atoms with Gasteiger partial charge in [0.25, 0.3) is 10.2 Å². The van der Waals surface area contributed by atoms with Crippen molar-refractivity contribution in [1.82, 2.24) is 9.44 Å². The highest BCUT2D eigenvalue weighted by atomic mass is 32.2. The lowest BCUT2D eigenvalue weighted by molar-refractivity contribution is -0.121. The molecule has 0 aliphatic rings. The van der Waals surface area contributed by atoms with Crippen LogP contribution in [0, 0.1) is 5.41 Å². The third kappa shape index (κ3) is 7.11. The molecule has 0 aromatic heterocycles. The number of nitrogens with one attached hydrogen (secondary N) is 3. The van der Waals surface area contributed by atoms with Crippen molar-refractivity contribution in [2.45, 2.75) is 19.1 Å². The maximum atomic E-state index is 11.7. The Morgan fingerprint density at radius 1 is 1.53 bits per heavy atom. The lowest BCUT2D eigenvalue weighted by Crippen LogP contribution is -2.48. The molecule has 0 saturated carbocycles. The van der Waals surface area contributed by atoms with E-state index in [2.05, 4.69) is 0 Å². The van der Waals surface area contributed by atoms with Gasteiger partial charge in [-0.25, -0.2) is 0 Å². The first kappa shape index (κ1) is 14.1. The highest BCUT2D eigenvalue weighted by Crippen LogP contribution is 2.12. The first-order valence-corrected chi connectivity index (χ1v) is 5.19. The van der Waals surface area contributed by atoms with Crippen molar-refractivity contribution in [3.63, 3.8) is 0 Å². The van der Waals surface area contributed by atoms with Crippen LogP contribution in [0.5, 0.6) is 0 Å². The van der Waals surface area contributed by atoms with Crippen molar-refractivity contribution in [3.8, 4) is 0 Å². The van der Waals surface area contributed by atoms with Crippen molar-refractivity contribution in [2.24, 2.45) is 5.73 Å². The predicted octanol–water partition coefficient (Wildman–Crippen LogP) is -0.703. The molecule has 0 aromatic rings. The molecule has 0 aliphatic heterocycles. The summed E-state index contributed by atoms with van der Waals surface area (Å²) in [6.07, 6.45) is -4.63. The van der Waals surface area contributed by atoms with Crippen LogP contribution in [0.3, 0.4) is 0 Å². The fraction of sp³-hybridized carbons (Fsp3) is 0.800. The molecule has 0 radical (unpaired) electrons. The fourth-order valence-corrected chi connectivity index (χ4v) is 1.54. The van der Waals surface area contributed by atoms with E-state index in [0.29, 0.717) is 0 Å². The van der Waals surface area contributed by atoms with Gasteiger partial charge in [-0.15, -0.1) is 0 Å². The largest absolute Gasteiger partial charge is 0.402 e. The van der Waals surface area contributed by atoms with Crippen LogP contribution in [0.15, 0.2) is 0 Å². The van der Waals surface area contributed by atoms with Crippen molar-refractivity contribution in [3.05, 3.63) is 0 Å². The molecule has 10 heteroatoms. The van der Waals surface area contributed by atoms with Gasteiger partial charge in [0, 0.05) is 0 Å². The van der Waals surface area contributed by atoms with Gasteiger partial charge in [-0.05, 0) is 6.92 Å². The smallest absolute Gasteiger partial charge is 0.386 e. The Bertz CT molecular complexity index is 326. The van der Waals surface area contributed by atoms with E-state index in [1.54, 1.807) is 4.72 Å². The van der Waals surface area contributed by atoms with E-state index >= 15 is 0 Å². The Morgan fingerprint density at radius 2 is 2.00 bits per heavy atom. The summed E-state index contributed by atoms with van der Waals surface area (Å²) in [5, 5.41) is 6.84. The van der Waals surface area contributed by atoms with Crippen LogP contribution in [-0.4, -0.2) is 33.0 Å². The van der Waals surface area contributed by atoms with E-state index in [9.17, 15) is 21.6 Å². The zero-order valence-corrected chi connectivity index (χ0v) is 8.54. The zero-order chi connectivity index (χ0) is 12.3. The molecule has 0 rings (SSSR count). The van der Waals surface area contributed by atoms with E-state index in [1.807, 2.05) is 0 Å². The second-order valence-corrected chi connectivity index (χ2v) is 4.27. The number of alkyl halides is 3. The van der Waals surface area contributed by atoms with Crippen molar-refractivity contribution >= 4 is 16.0 Å². The quantitative estimate of drug-likeness (QED) is 0.381. The monoisotopic (exact) mass is 248 g/mol. The topological polar surface area (TPSA) is 108 Å². The number of hydrogen-bond acceptors (Lipinski definition) is 3. The molecule has 90 valence electrons. The van der Waals surface area contributed by atoms with E-state index in [4.69, 9.17) is 11.1 Å². The van der Waals surface area contributed by atoms with Crippen LogP contribution < -0.4 is 15.2 Å². The van der Waals surface area contributed by atoms with Crippen LogP contribution in [0.2, 0.25) is 0 Å². The van der Waals surface area contributed by atoms with Crippen molar-refractivity contribution in [2.75, 3.05) is 6.54 Å². The number of halogens is 3. The summed E-state index contributed by atoms with van der Waals surface area (Å²) in [5.74, 6) is -0.493. The molecule has 5 N–H and O–H groups in total. The van der Waals surface area contributed by atoms with E-state index in [0.717, 1.165) is 0 Å². The maximum absolute atomic E-state index is 11.7. The average Bonchev–Trinajstić information content (AvgIpc) is 1.99. The minimum Gasteiger partial charge on any atom is -0.386 e. The second kappa shape index (κ2) is 4.77. The molecule has 1 atom stereocenters. The van der Waals surface area contributed by atoms with Gasteiger partial charge in [0.1, 0.15) is 12.4 Å². The summed E-state index contributed by atoms with van der Waals surface area (Å²) in [4.78, 5) is 0. The Hall–Kier alpha value is -0.870. The predicted molar refractivity (Wildman–Crippen MR) is 47.5 cm³/mol. The number of hydrogen-bond donors (Lipinski definition) is 4. The second-order valence-electron chi connectivity index (χ2n) is 2.73. The fourth-order valence-electron chi connectivity index (χ4n) is 0.515. The molecule has 0 aromatic carbocycles. The molecule has 15 heavy (non-hydrogen) atoms. The minimum absolute atomic E-state index is 0.493. The van der Waals surface area contributed by atoms with Gasteiger partial charge in [-0.1, -0.05) is 0 Å². The average molecular weight is 248 g/mol. The van der Waals surface area contributed by atoms with Gasteiger partial charge in [0.15, 0.2) is 0 Å². The van der Waals surface area contributed by atoms with E-state index in [-0.39, 0.29) is 0 Å². The Labute approximate surface area is 84.7 Å².